The zero-order chi connectivity index (χ0) is 15.1. The first-order valence-electron chi connectivity index (χ1n) is 7.97. The Morgan fingerprint density at radius 2 is 1.29 bits per heavy atom. The second kappa shape index (κ2) is 7.99. The van der Waals surface area contributed by atoms with Gasteiger partial charge in [-0.1, -0.05) is 74.0 Å². The predicted molar refractivity (Wildman–Crippen MR) is 89.6 cm³/mol. The molecule has 0 aliphatic rings. The van der Waals surface area contributed by atoms with Crippen molar-refractivity contribution in [1.82, 2.24) is 0 Å². The van der Waals surface area contributed by atoms with Crippen LogP contribution in [-0.2, 0) is 4.74 Å². The average Bonchev–Trinajstić information content (AvgIpc) is 2.49. The van der Waals surface area contributed by atoms with Crippen molar-refractivity contribution in [2.45, 2.75) is 51.7 Å². The predicted octanol–water partition coefficient (Wildman–Crippen LogP) is 5.41. The van der Waals surface area contributed by atoms with Crippen LogP contribution in [-0.4, -0.2) is 12.2 Å². The minimum absolute atomic E-state index is 0.222. The summed E-state index contributed by atoms with van der Waals surface area (Å²) >= 11 is 0. The highest BCUT2D eigenvalue weighted by Gasteiger charge is 2.25. The van der Waals surface area contributed by atoms with Gasteiger partial charge in [0.05, 0.1) is 12.2 Å². The molecule has 112 valence electrons. The molecule has 21 heavy (non-hydrogen) atoms. The van der Waals surface area contributed by atoms with Gasteiger partial charge in [-0.2, -0.15) is 0 Å². The van der Waals surface area contributed by atoms with Gasteiger partial charge < -0.3 is 4.74 Å². The zero-order valence-corrected chi connectivity index (χ0v) is 13.3. The Morgan fingerprint density at radius 1 is 0.810 bits per heavy atom. The van der Waals surface area contributed by atoms with Crippen LogP contribution in [0.3, 0.4) is 0 Å². The minimum atomic E-state index is 0.222. The molecule has 0 N–H and O–H groups in total. The molecule has 0 radical (unpaired) electrons. The molecule has 0 bridgehead atoms. The second-order valence-electron chi connectivity index (χ2n) is 5.81. The Bertz CT molecular complexity index is 464. The summed E-state index contributed by atoms with van der Waals surface area (Å²) in [6.07, 6.45) is 2.68. The van der Waals surface area contributed by atoms with Crippen LogP contribution in [0.4, 0.5) is 0 Å². The molecule has 0 amide bonds. The molecule has 1 atom stereocenters. The number of ether oxygens (including phenoxy) is 1. The van der Waals surface area contributed by atoms with E-state index < -0.39 is 0 Å². The van der Waals surface area contributed by atoms with Gasteiger partial charge in [-0.05, 0) is 31.4 Å². The Morgan fingerprint density at radius 3 is 1.67 bits per heavy atom. The van der Waals surface area contributed by atoms with E-state index in [1.807, 2.05) is 0 Å². The number of hydrogen-bond donors (Lipinski definition) is 0. The third kappa shape index (κ3) is 4.44. The minimum Gasteiger partial charge on any atom is -0.375 e. The Kier molecular flexibility index (Phi) is 6.01. The first kappa shape index (κ1) is 15.8. The maximum Gasteiger partial charge on any atom is 0.0687 e. The molecule has 2 aromatic rings. The highest BCUT2D eigenvalue weighted by Crippen LogP contribution is 2.32. The molecular formula is C20H26O. The van der Waals surface area contributed by atoms with Gasteiger partial charge in [-0.25, -0.2) is 0 Å². The molecule has 1 unspecified atom stereocenters. The van der Waals surface area contributed by atoms with Gasteiger partial charge in [-0.15, -0.1) is 0 Å². The Hall–Kier alpha value is -1.60. The lowest BCUT2D eigenvalue weighted by molar-refractivity contribution is -0.00617. The average molecular weight is 282 g/mol. The summed E-state index contributed by atoms with van der Waals surface area (Å²) in [5.41, 5.74) is 2.67. The SMILES string of the molecule is CCCC(OC(C)C)C(c1ccccc1)c1ccccc1. The van der Waals surface area contributed by atoms with E-state index in [9.17, 15) is 0 Å². The smallest absolute Gasteiger partial charge is 0.0687 e. The fourth-order valence-corrected chi connectivity index (χ4v) is 2.89. The van der Waals surface area contributed by atoms with Gasteiger partial charge in [0.1, 0.15) is 0 Å². The van der Waals surface area contributed by atoms with Crippen molar-refractivity contribution in [3.63, 3.8) is 0 Å². The van der Waals surface area contributed by atoms with Crippen molar-refractivity contribution >= 4 is 0 Å². The van der Waals surface area contributed by atoms with Crippen molar-refractivity contribution in [3.05, 3.63) is 71.8 Å². The van der Waals surface area contributed by atoms with Crippen LogP contribution < -0.4 is 0 Å². The van der Waals surface area contributed by atoms with Crippen molar-refractivity contribution in [3.8, 4) is 0 Å². The lowest BCUT2D eigenvalue weighted by atomic mass is 9.84. The van der Waals surface area contributed by atoms with E-state index in [0.717, 1.165) is 12.8 Å². The fraction of sp³-hybridized carbons (Fsp3) is 0.400. The molecule has 0 saturated carbocycles. The molecule has 0 saturated heterocycles. The van der Waals surface area contributed by atoms with E-state index in [4.69, 9.17) is 4.74 Å². The highest BCUT2D eigenvalue weighted by atomic mass is 16.5. The van der Waals surface area contributed by atoms with Crippen molar-refractivity contribution in [2.75, 3.05) is 0 Å². The van der Waals surface area contributed by atoms with E-state index in [2.05, 4.69) is 81.4 Å². The molecule has 0 fully saturated rings. The molecule has 0 aliphatic carbocycles. The summed E-state index contributed by atoms with van der Waals surface area (Å²) in [5, 5.41) is 0. The van der Waals surface area contributed by atoms with Crippen LogP contribution in [0.15, 0.2) is 60.7 Å². The highest BCUT2D eigenvalue weighted by molar-refractivity contribution is 5.33. The summed E-state index contributed by atoms with van der Waals surface area (Å²) < 4.78 is 6.26. The van der Waals surface area contributed by atoms with Crippen LogP contribution in [0.25, 0.3) is 0 Å². The second-order valence-corrected chi connectivity index (χ2v) is 5.81. The summed E-state index contributed by atoms with van der Waals surface area (Å²) in [5.74, 6) is 0.301. The quantitative estimate of drug-likeness (QED) is 0.659. The third-order valence-electron chi connectivity index (χ3n) is 3.71. The molecule has 0 aliphatic heterocycles. The molecule has 2 rings (SSSR count). The van der Waals surface area contributed by atoms with Crippen LogP contribution >= 0.6 is 0 Å². The Balaban J connectivity index is 2.39. The summed E-state index contributed by atoms with van der Waals surface area (Å²) in [6.45, 7) is 6.47. The van der Waals surface area contributed by atoms with Gasteiger partial charge in [0, 0.05) is 5.92 Å². The lowest BCUT2D eigenvalue weighted by Crippen LogP contribution is -2.26. The summed E-state index contributed by atoms with van der Waals surface area (Å²) in [6, 6.07) is 21.5. The van der Waals surface area contributed by atoms with Gasteiger partial charge in [0.25, 0.3) is 0 Å². The van der Waals surface area contributed by atoms with E-state index in [0.29, 0.717) is 5.92 Å². The van der Waals surface area contributed by atoms with Gasteiger partial charge in [0.2, 0.25) is 0 Å². The lowest BCUT2D eigenvalue weighted by Gasteiger charge is -2.30. The molecule has 2 aromatic carbocycles. The third-order valence-corrected chi connectivity index (χ3v) is 3.71. The topological polar surface area (TPSA) is 9.23 Å². The van der Waals surface area contributed by atoms with Crippen molar-refractivity contribution < 1.29 is 4.74 Å². The van der Waals surface area contributed by atoms with Crippen molar-refractivity contribution in [1.29, 1.82) is 0 Å². The number of rotatable bonds is 7. The maximum atomic E-state index is 6.26. The molecule has 0 aromatic heterocycles. The summed E-state index contributed by atoms with van der Waals surface area (Å²) in [4.78, 5) is 0. The molecule has 0 spiro atoms. The van der Waals surface area contributed by atoms with E-state index >= 15 is 0 Å². The van der Waals surface area contributed by atoms with Crippen molar-refractivity contribution in [2.24, 2.45) is 0 Å². The summed E-state index contributed by atoms with van der Waals surface area (Å²) in [7, 11) is 0. The molecule has 0 heterocycles. The van der Waals surface area contributed by atoms with Crippen LogP contribution in [0.5, 0.6) is 0 Å². The molecular weight excluding hydrogens is 256 g/mol. The van der Waals surface area contributed by atoms with Crippen LogP contribution in [0.2, 0.25) is 0 Å². The number of benzene rings is 2. The maximum absolute atomic E-state index is 6.26. The zero-order valence-electron chi connectivity index (χ0n) is 13.3. The largest absolute Gasteiger partial charge is 0.375 e. The first-order valence-corrected chi connectivity index (χ1v) is 7.97. The van der Waals surface area contributed by atoms with Crippen LogP contribution in [0, 0.1) is 0 Å². The number of hydrogen-bond acceptors (Lipinski definition) is 1. The van der Waals surface area contributed by atoms with Gasteiger partial charge in [0.15, 0.2) is 0 Å². The fourth-order valence-electron chi connectivity index (χ4n) is 2.89. The monoisotopic (exact) mass is 282 g/mol. The van der Waals surface area contributed by atoms with Gasteiger partial charge >= 0.3 is 0 Å². The normalized spacial score (nSPS) is 12.8. The van der Waals surface area contributed by atoms with E-state index in [-0.39, 0.29) is 12.2 Å². The van der Waals surface area contributed by atoms with E-state index in [1.54, 1.807) is 0 Å². The first-order chi connectivity index (χ1) is 10.2. The van der Waals surface area contributed by atoms with E-state index in [1.165, 1.54) is 11.1 Å². The van der Waals surface area contributed by atoms with Crippen LogP contribution in [0.1, 0.15) is 50.7 Å². The van der Waals surface area contributed by atoms with Gasteiger partial charge in [-0.3, -0.25) is 0 Å². The molecule has 1 heteroatoms. The standard InChI is InChI=1S/C20H26O/c1-4-11-19(21-16(2)3)20(17-12-7-5-8-13-17)18-14-9-6-10-15-18/h5-10,12-16,19-20H,4,11H2,1-3H3. The molecule has 1 nitrogen and oxygen atoms in total. The Labute approximate surface area is 129 Å².